The van der Waals surface area contributed by atoms with Gasteiger partial charge in [0.15, 0.2) is 6.23 Å². The van der Waals surface area contributed by atoms with Crippen molar-refractivity contribution >= 4 is 16.1 Å². The molecule has 0 aromatic heterocycles. The van der Waals surface area contributed by atoms with Gasteiger partial charge in [0.1, 0.15) is 0 Å². The molecule has 1 heterocycles. The van der Waals surface area contributed by atoms with Crippen LogP contribution >= 0.6 is 0 Å². The summed E-state index contributed by atoms with van der Waals surface area (Å²) < 4.78 is 35.1. The average Bonchev–Trinajstić information content (AvgIpc) is 2.92. The van der Waals surface area contributed by atoms with Crippen molar-refractivity contribution < 1.29 is 22.1 Å². The van der Waals surface area contributed by atoms with Crippen LogP contribution in [0.1, 0.15) is 32.8 Å². The third kappa shape index (κ3) is 4.78. The molecule has 0 amide bonds. The van der Waals surface area contributed by atoms with Crippen LogP contribution < -0.4 is 5.32 Å². The molecule has 0 radical (unpaired) electrons. The number of ether oxygens (including phenoxy) is 1. The van der Waals surface area contributed by atoms with E-state index in [1.54, 1.807) is 32.9 Å². The fourth-order valence-electron chi connectivity index (χ4n) is 2.28. The Kier molecular flexibility index (Phi) is 5.67. The maximum Gasteiger partial charge on any atom is 0.312 e. The summed E-state index contributed by atoms with van der Waals surface area (Å²) in [6, 6.07) is 6.49. The Hall–Kier alpha value is -1.44. The first kappa shape index (κ1) is 18.9. The molecule has 7 heteroatoms. The molecule has 134 valence electrons. The molecule has 1 aliphatic rings. The molecule has 0 spiro atoms. The Labute approximate surface area is 143 Å². The highest BCUT2D eigenvalue weighted by molar-refractivity contribution is 7.86. The highest BCUT2D eigenvalue weighted by Gasteiger charge is 2.34. The zero-order valence-corrected chi connectivity index (χ0v) is 15.4. The summed E-state index contributed by atoms with van der Waals surface area (Å²) in [5, 5.41) is 3.08. The van der Waals surface area contributed by atoms with Gasteiger partial charge in [-0.2, -0.15) is 8.42 Å². The van der Waals surface area contributed by atoms with Crippen molar-refractivity contribution in [2.75, 3.05) is 13.2 Å². The Morgan fingerprint density at radius 1 is 1.25 bits per heavy atom. The van der Waals surface area contributed by atoms with Crippen LogP contribution in [0.15, 0.2) is 29.2 Å². The number of carbonyl (C=O) groups is 1. The van der Waals surface area contributed by atoms with Gasteiger partial charge < -0.3 is 4.74 Å². The Morgan fingerprint density at radius 2 is 1.88 bits per heavy atom. The number of hydrogen-bond acceptors (Lipinski definition) is 6. The summed E-state index contributed by atoms with van der Waals surface area (Å²) in [6.07, 6.45) is 0.163. The lowest BCUT2D eigenvalue weighted by Gasteiger charge is -2.24. The van der Waals surface area contributed by atoms with Crippen molar-refractivity contribution in [3.8, 4) is 0 Å². The minimum absolute atomic E-state index is 0.0225. The van der Waals surface area contributed by atoms with Gasteiger partial charge in [0.05, 0.1) is 16.9 Å². The third-order valence-corrected chi connectivity index (χ3v) is 5.18. The largest absolute Gasteiger partial charge is 0.446 e. The number of rotatable bonds is 5. The summed E-state index contributed by atoms with van der Waals surface area (Å²) >= 11 is 0. The molecule has 1 N–H and O–H groups in total. The molecule has 1 aromatic rings. The van der Waals surface area contributed by atoms with Crippen molar-refractivity contribution in [2.45, 2.75) is 45.2 Å². The van der Waals surface area contributed by atoms with Crippen LogP contribution in [0.4, 0.5) is 0 Å². The summed E-state index contributed by atoms with van der Waals surface area (Å²) in [6.45, 7) is 7.84. The molecular weight excluding hydrogens is 330 g/mol. The minimum Gasteiger partial charge on any atom is -0.446 e. The maximum absolute atomic E-state index is 12.2. The van der Waals surface area contributed by atoms with E-state index in [0.717, 1.165) is 5.56 Å². The van der Waals surface area contributed by atoms with E-state index in [1.807, 2.05) is 6.92 Å². The molecule has 1 aliphatic heterocycles. The molecule has 0 bridgehead atoms. The van der Waals surface area contributed by atoms with Crippen LogP contribution in [0.25, 0.3) is 0 Å². The van der Waals surface area contributed by atoms with Crippen molar-refractivity contribution in [3.05, 3.63) is 29.8 Å². The van der Waals surface area contributed by atoms with Crippen LogP contribution in [-0.2, 0) is 23.8 Å². The van der Waals surface area contributed by atoms with Crippen molar-refractivity contribution in [1.82, 2.24) is 5.32 Å². The Balaban J connectivity index is 1.97. The van der Waals surface area contributed by atoms with E-state index in [4.69, 9.17) is 8.92 Å². The van der Waals surface area contributed by atoms with Gasteiger partial charge in [0.25, 0.3) is 10.1 Å². The van der Waals surface area contributed by atoms with Gasteiger partial charge >= 0.3 is 5.97 Å². The van der Waals surface area contributed by atoms with Crippen molar-refractivity contribution in [2.24, 2.45) is 11.3 Å². The topological polar surface area (TPSA) is 81.7 Å². The fraction of sp³-hybridized carbons (Fsp3) is 0.588. The molecule has 1 aromatic carbocycles. The smallest absolute Gasteiger partial charge is 0.312 e. The van der Waals surface area contributed by atoms with Crippen molar-refractivity contribution in [3.63, 3.8) is 0 Å². The molecule has 6 nitrogen and oxygen atoms in total. The van der Waals surface area contributed by atoms with E-state index in [9.17, 15) is 13.2 Å². The van der Waals surface area contributed by atoms with Crippen LogP contribution in [0.3, 0.4) is 0 Å². The van der Waals surface area contributed by atoms with E-state index in [1.165, 1.54) is 12.1 Å². The van der Waals surface area contributed by atoms with Gasteiger partial charge in [0.2, 0.25) is 0 Å². The SMILES string of the molecule is Cc1ccc(S(=O)(=O)OC[C@H]2CCNC2OC(=O)C(C)(C)C)cc1. The standard InChI is InChI=1S/C17H25NO5S/c1-12-5-7-14(8-6-12)24(20,21)22-11-13-9-10-18-15(13)23-16(19)17(2,3)4/h5-8,13,15,18H,9-11H2,1-4H3/t13-,15?/m1/s1. The predicted molar refractivity (Wildman–Crippen MR) is 89.8 cm³/mol. The third-order valence-electron chi connectivity index (χ3n) is 3.88. The van der Waals surface area contributed by atoms with Crippen LogP contribution in [0, 0.1) is 18.3 Å². The van der Waals surface area contributed by atoms with E-state index >= 15 is 0 Å². The van der Waals surface area contributed by atoms with E-state index in [-0.39, 0.29) is 23.4 Å². The number of aryl methyl sites for hydroxylation is 1. The van der Waals surface area contributed by atoms with Crippen LogP contribution in [0.2, 0.25) is 0 Å². The Morgan fingerprint density at radius 3 is 2.46 bits per heavy atom. The molecule has 0 aliphatic carbocycles. The zero-order valence-electron chi connectivity index (χ0n) is 14.5. The lowest BCUT2D eigenvalue weighted by Crippen LogP contribution is -2.38. The van der Waals surface area contributed by atoms with Gasteiger partial charge in [-0.3, -0.25) is 14.3 Å². The van der Waals surface area contributed by atoms with Crippen LogP contribution in [0.5, 0.6) is 0 Å². The monoisotopic (exact) mass is 355 g/mol. The van der Waals surface area contributed by atoms with Gasteiger partial charge in [-0.25, -0.2) is 0 Å². The number of esters is 1. The molecule has 2 atom stereocenters. The second-order valence-corrected chi connectivity index (χ2v) is 8.75. The number of hydrogen-bond donors (Lipinski definition) is 1. The number of benzene rings is 1. The van der Waals surface area contributed by atoms with Crippen molar-refractivity contribution in [1.29, 1.82) is 0 Å². The van der Waals surface area contributed by atoms with Gasteiger partial charge in [-0.15, -0.1) is 0 Å². The van der Waals surface area contributed by atoms with E-state index < -0.39 is 21.8 Å². The normalized spacial score (nSPS) is 21.7. The van der Waals surface area contributed by atoms with Gasteiger partial charge in [-0.05, 0) is 52.8 Å². The first-order valence-corrected chi connectivity index (χ1v) is 9.41. The maximum atomic E-state index is 12.2. The number of carbonyl (C=O) groups excluding carboxylic acids is 1. The van der Waals surface area contributed by atoms with E-state index in [0.29, 0.717) is 13.0 Å². The second-order valence-electron chi connectivity index (χ2n) is 7.13. The molecule has 2 rings (SSSR count). The molecule has 1 fully saturated rings. The lowest BCUT2D eigenvalue weighted by atomic mass is 9.97. The zero-order chi connectivity index (χ0) is 18.0. The summed E-state index contributed by atoms with van der Waals surface area (Å²) in [4.78, 5) is 12.1. The van der Waals surface area contributed by atoms with Gasteiger partial charge in [0, 0.05) is 5.92 Å². The summed E-state index contributed by atoms with van der Waals surface area (Å²) in [5.74, 6) is -0.523. The van der Waals surface area contributed by atoms with Crippen LogP contribution in [-0.4, -0.2) is 33.8 Å². The highest BCUT2D eigenvalue weighted by atomic mass is 32.2. The summed E-state index contributed by atoms with van der Waals surface area (Å²) in [7, 11) is -3.81. The average molecular weight is 355 g/mol. The molecule has 1 unspecified atom stereocenters. The Bertz CT molecular complexity index is 676. The minimum atomic E-state index is -3.81. The number of nitrogens with one attached hydrogen (secondary N) is 1. The predicted octanol–water partition coefficient (Wildman–Crippen LogP) is 2.23. The molecule has 1 saturated heterocycles. The highest BCUT2D eigenvalue weighted by Crippen LogP contribution is 2.24. The fourth-order valence-corrected chi connectivity index (χ4v) is 3.24. The van der Waals surface area contributed by atoms with Gasteiger partial charge in [-0.1, -0.05) is 17.7 Å². The molecular formula is C17H25NO5S. The first-order valence-electron chi connectivity index (χ1n) is 8.00. The lowest BCUT2D eigenvalue weighted by molar-refractivity contribution is -0.162. The van der Waals surface area contributed by atoms with E-state index in [2.05, 4.69) is 5.32 Å². The quantitative estimate of drug-likeness (QED) is 0.644. The molecule has 24 heavy (non-hydrogen) atoms. The first-order chi connectivity index (χ1) is 11.1. The second kappa shape index (κ2) is 7.21. The summed E-state index contributed by atoms with van der Waals surface area (Å²) in [5.41, 5.74) is 0.368. The molecule has 0 saturated carbocycles.